The molecule has 0 saturated heterocycles. The Morgan fingerprint density at radius 1 is 1.00 bits per heavy atom. The normalized spacial score (nSPS) is 11.6. The summed E-state index contributed by atoms with van der Waals surface area (Å²) < 4.78 is 52.7. The molecular formula is C21H16F3N3O3. The Kier molecular flexibility index (Phi) is 5.03. The van der Waals surface area contributed by atoms with Gasteiger partial charge in [0.2, 0.25) is 0 Å². The van der Waals surface area contributed by atoms with Gasteiger partial charge in [0.05, 0.1) is 5.39 Å². The molecule has 4 aromatic rings. The first kappa shape index (κ1) is 19.7. The average molecular weight is 415 g/mol. The first-order valence-corrected chi connectivity index (χ1v) is 8.95. The molecule has 0 amide bonds. The molecule has 0 unspecified atom stereocenters. The van der Waals surface area contributed by atoms with Crippen LogP contribution < -0.4 is 9.47 Å². The Bertz CT molecular complexity index is 1190. The van der Waals surface area contributed by atoms with Crippen LogP contribution in [0.3, 0.4) is 0 Å². The van der Waals surface area contributed by atoms with E-state index in [0.717, 1.165) is 16.7 Å². The fourth-order valence-electron chi connectivity index (χ4n) is 3.07. The minimum absolute atomic E-state index is 0.119. The van der Waals surface area contributed by atoms with E-state index < -0.39 is 6.36 Å². The van der Waals surface area contributed by atoms with E-state index >= 15 is 0 Å². The molecular weight excluding hydrogens is 399 g/mol. The zero-order chi connectivity index (χ0) is 21.3. The monoisotopic (exact) mass is 415 g/mol. The van der Waals surface area contributed by atoms with Crippen LogP contribution in [0.5, 0.6) is 11.6 Å². The van der Waals surface area contributed by atoms with Gasteiger partial charge >= 0.3 is 6.36 Å². The molecule has 0 atom stereocenters. The van der Waals surface area contributed by atoms with Crippen LogP contribution in [-0.2, 0) is 6.61 Å². The van der Waals surface area contributed by atoms with Gasteiger partial charge in [-0.15, -0.1) is 13.2 Å². The van der Waals surface area contributed by atoms with Crippen LogP contribution in [0.25, 0.3) is 22.1 Å². The molecule has 6 nitrogen and oxygen atoms in total. The SMILES string of the molecule is Cc1cc(-c2cc3c(OCc4ncccn4)noc3cc2C)ccc1OC(F)(F)F. The smallest absolute Gasteiger partial charge is 0.467 e. The van der Waals surface area contributed by atoms with Crippen molar-refractivity contribution in [2.75, 3.05) is 0 Å². The van der Waals surface area contributed by atoms with Crippen LogP contribution >= 0.6 is 0 Å². The van der Waals surface area contributed by atoms with Gasteiger partial charge in [0, 0.05) is 12.4 Å². The molecule has 0 bridgehead atoms. The minimum atomic E-state index is -4.74. The second kappa shape index (κ2) is 7.66. The summed E-state index contributed by atoms with van der Waals surface area (Å²) >= 11 is 0. The summed E-state index contributed by atoms with van der Waals surface area (Å²) in [6.07, 6.45) is -1.51. The third kappa shape index (κ3) is 4.19. The van der Waals surface area contributed by atoms with Crippen molar-refractivity contribution in [2.45, 2.75) is 26.8 Å². The number of hydrogen-bond donors (Lipinski definition) is 0. The quantitative estimate of drug-likeness (QED) is 0.436. The van der Waals surface area contributed by atoms with Gasteiger partial charge in [-0.3, -0.25) is 0 Å². The Morgan fingerprint density at radius 3 is 2.47 bits per heavy atom. The largest absolute Gasteiger partial charge is 0.573 e. The number of hydrogen-bond acceptors (Lipinski definition) is 6. The Morgan fingerprint density at radius 2 is 1.77 bits per heavy atom. The van der Waals surface area contributed by atoms with Gasteiger partial charge in [-0.25, -0.2) is 9.97 Å². The van der Waals surface area contributed by atoms with E-state index in [1.165, 1.54) is 6.07 Å². The summed E-state index contributed by atoms with van der Waals surface area (Å²) in [7, 11) is 0. The number of benzene rings is 2. The van der Waals surface area contributed by atoms with Gasteiger partial charge < -0.3 is 14.0 Å². The molecule has 0 fully saturated rings. The van der Waals surface area contributed by atoms with Crippen LogP contribution in [0.4, 0.5) is 13.2 Å². The predicted octanol–water partition coefficient (Wildman–Crippen LogP) is 5.38. The molecule has 0 aliphatic heterocycles. The van der Waals surface area contributed by atoms with E-state index in [2.05, 4.69) is 19.9 Å². The number of aromatic nitrogens is 3. The Balaban J connectivity index is 1.66. The fraction of sp³-hybridized carbons (Fsp3) is 0.190. The topological polar surface area (TPSA) is 70.3 Å². The van der Waals surface area contributed by atoms with Crippen molar-refractivity contribution in [2.24, 2.45) is 0 Å². The zero-order valence-corrected chi connectivity index (χ0v) is 16.0. The zero-order valence-electron chi connectivity index (χ0n) is 16.0. The third-order valence-electron chi connectivity index (χ3n) is 4.45. The van der Waals surface area contributed by atoms with E-state index in [1.54, 1.807) is 43.6 Å². The maximum absolute atomic E-state index is 12.5. The number of halogens is 3. The first-order valence-electron chi connectivity index (χ1n) is 8.95. The molecule has 0 radical (unpaired) electrons. The van der Waals surface area contributed by atoms with Crippen LogP contribution in [0.15, 0.2) is 53.3 Å². The van der Waals surface area contributed by atoms with Gasteiger partial charge in [0.15, 0.2) is 11.4 Å². The molecule has 0 saturated carbocycles. The molecule has 2 aromatic heterocycles. The van der Waals surface area contributed by atoms with Gasteiger partial charge in [-0.1, -0.05) is 6.07 Å². The first-order chi connectivity index (χ1) is 14.3. The summed E-state index contributed by atoms with van der Waals surface area (Å²) in [5, 5.41) is 4.60. The maximum Gasteiger partial charge on any atom is 0.573 e. The Hall–Kier alpha value is -3.62. The van der Waals surface area contributed by atoms with Crippen molar-refractivity contribution in [1.82, 2.24) is 15.1 Å². The second-order valence-corrected chi connectivity index (χ2v) is 6.63. The van der Waals surface area contributed by atoms with E-state index in [9.17, 15) is 13.2 Å². The standard InChI is InChI=1S/C21H16F3N3O3/c1-12-9-18-16(20(27-30-18)28-11-19-25-6-3-7-26-19)10-15(12)14-4-5-17(13(2)8-14)29-21(22,23)24/h3-10H,11H2,1-2H3. The lowest BCUT2D eigenvalue weighted by Crippen LogP contribution is -2.17. The lowest BCUT2D eigenvalue weighted by Gasteiger charge is -2.13. The van der Waals surface area contributed by atoms with Crippen LogP contribution in [0, 0.1) is 13.8 Å². The van der Waals surface area contributed by atoms with Crippen molar-refractivity contribution < 1.29 is 27.2 Å². The molecule has 0 aliphatic carbocycles. The fourth-order valence-corrected chi connectivity index (χ4v) is 3.07. The minimum Gasteiger partial charge on any atom is -0.467 e. The Labute approximate surface area is 169 Å². The number of nitrogens with zero attached hydrogens (tertiary/aromatic N) is 3. The van der Waals surface area contributed by atoms with E-state index in [4.69, 9.17) is 9.26 Å². The van der Waals surface area contributed by atoms with Crippen molar-refractivity contribution in [3.8, 4) is 22.8 Å². The molecule has 9 heteroatoms. The number of ether oxygens (including phenoxy) is 2. The van der Waals surface area contributed by atoms with Crippen molar-refractivity contribution in [3.05, 3.63) is 65.7 Å². The van der Waals surface area contributed by atoms with E-state index in [-0.39, 0.29) is 18.2 Å². The van der Waals surface area contributed by atoms with Gasteiger partial charge in [-0.05, 0) is 71.6 Å². The van der Waals surface area contributed by atoms with Crippen molar-refractivity contribution in [3.63, 3.8) is 0 Å². The third-order valence-corrected chi connectivity index (χ3v) is 4.45. The predicted molar refractivity (Wildman–Crippen MR) is 102 cm³/mol. The summed E-state index contributed by atoms with van der Waals surface area (Å²) in [5.74, 6) is 0.547. The molecule has 2 heterocycles. The van der Waals surface area contributed by atoms with Crippen molar-refractivity contribution in [1.29, 1.82) is 0 Å². The van der Waals surface area contributed by atoms with Crippen molar-refractivity contribution >= 4 is 11.0 Å². The van der Waals surface area contributed by atoms with Crippen LogP contribution in [0.1, 0.15) is 17.0 Å². The van der Waals surface area contributed by atoms with Gasteiger partial charge in [0.25, 0.3) is 5.88 Å². The average Bonchev–Trinajstić information content (AvgIpc) is 3.09. The molecule has 30 heavy (non-hydrogen) atoms. The highest BCUT2D eigenvalue weighted by atomic mass is 19.4. The summed E-state index contributed by atoms with van der Waals surface area (Å²) in [5.41, 5.74) is 3.33. The molecule has 0 spiro atoms. The van der Waals surface area contributed by atoms with Crippen LogP contribution in [0.2, 0.25) is 0 Å². The maximum atomic E-state index is 12.5. The number of alkyl halides is 3. The highest BCUT2D eigenvalue weighted by Gasteiger charge is 2.31. The molecule has 0 N–H and O–H groups in total. The van der Waals surface area contributed by atoms with Crippen LogP contribution in [-0.4, -0.2) is 21.5 Å². The van der Waals surface area contributed by atoms with Gasteiger partial charge in [-0.2, -0.15) is 0 Å². The molecule has 4 rings (SSSR count). The van der Waals surface area contributed by atoms with E-state index in [1.807, 2.05) is 13.0 Å². The summed E-state index contributed by atoms with van der Waals surface area (Å²) in [6.45, 7) is 3.56. The highest BCUT2D eigenvalue weighted by Crippen LogP contribution is 2.35. The summed E-state index contributed by atoms with van der Waals surface area (Å²) in [4.78, 5) is 8.19. The van der Waals surface area contributed by atoms with Gasteiger partial charge in [0.1, 0.15) is 12.4 Å². The lowest BCUT2D eigenvalue weighted by molar-refractivity contribution is -0.274. The number of rotatable bonds is 5. The summed E-state index contributed by atoms with van der Waals surface area (Å²) in [6, 6.07) is 9.87. The molecule has 2 aromatic carbocycles. The molecule has 154 valence electrons. The second-order valence-electron chi connectivity index (χ2n) is 6.63. The van der Waals surface area contributed by atoms with E-state index in [0.29, 0.717) is 22.4 Å². The lowest BCUT2D eigenvalue weighted by atomic mass is 9.97. The highest BCUT2D eigenvalue weighted by molar-refractivity contribution is 5.89. The molecule has 0 aliphatic rings. The number of fused-ring (bicyclic) bond motifs is 1. The number of aryl methyl sites for hydroxylation is 2.